The van der Waals surface area contributed by atoms with Crippen LogP contribution in [0.15, 0.2) is 22.7 Å². The molecule has 0 aromatic carbocycles. The summed E-state index contributed by atoms with van der Waals surface area (Å²) in [6.07, 6.45) is 0.754. The van der Waals surface area contributed by atoms with E-state index in [0.29, 0.717) is 17.5 Å². The van der Waals surface area contributed by atoms with Crippen molar-refractivity contribution in [2.24, 2.45) is 0 Å². The summed E-state index contributed by atoms with van der Waals surface area (Å²) < 4.78 is 0. The SMILES string of the molecule is Cc1nc(SCC(=O)NC(=O)NCCc2cccs2)n[nH]1. The minimum atomic E-state index is -0.483. The molecule has 0 saturated carbocycles. The number of aromatic amines is 1. The Morgan fingerprint density at radius 1 is 1.48 bits per heavy atom. The third-order valence-corrected chi connectivity index (χ3v) is 4.18. The number of carbonyl (C=O) groups excluding carboxylic acids is 2. The molecule has 9 heteroatoms. The molecule has 2 aromatic heterocycles. The lowest BCUT2D eigenvalue weighted by Crippen LogP contribution is -2.41. The van der Waals surface area contributed by atoms with Gasteiger partial charge in [0.1, 0.15) is 5.82 Å². The van der Waals surface area contributed by atoms with Gasteiger partial charge < -0.3 is 5.32 Å². The molecule has 0 unspecified atom stereocenters. The topological polar surface area (TPSA) is 99.8 Å². The summed E-state index contributed by atoms with van der Waals surface area (Å²) in [6.45, 7) is 2.27. The van der Waals surface area contributed by atoms with E-state index in [1.165, 1.54) is 16.6 Å². The van der Waals surface area contributed by atoms with Gasteiger partial charge in [-0.05, 0) is 24.8 Å². The Hall–Kier alpha value is -1.87. The van der Waals surface area contributed by atoms with E-state index < -0.39 is 6.03 Å². The minimum Gasteiger partial charge on any atom is -0.337 e. The number of rotatable bonds is 6. The Labute approximate surface area is 129 Å². The molecule has 21 heavy (non-hydrogen) atoms. The lowest BCUT2D eigenvalue weighted by Gasteiger charge is -2.05. The fraction of sp³-hybridized carbons (Fsp3) is 0.333. The Bertz CT molecular complexity index is 597. The van der Waals surface area contributed by atoms with Crippen LogP contribution in [0, 0.1) is 6.92 Å². The molecule has 3 amide bonds. The Morgan fingerprint density at radius 3 is 3.00 bits per heavy atom. The van der Waals surface area contributed by atoms with E-state index in [2.05, 4.69) is 25.8 Å². The first-order chi connectivity index (χ1) is 10.1. The Balaban J connectivity index is 1.61. The van der Waals surface area contributed by atoms with Gasteiger partial charge in [0.05, 0.1) is 5.75 Å². The van der Waals surface area contributed by atoms with E-state index in [1.54, 1.807) is 18.3 Å². The summed E-state index contributed by atoms with van der Waals surface area (Å²) >= 11 is 2.81. The van der Waals surface area contributed by atoms with Gasteiger partial charge in [0.25, 0.3) is 0 Å². The molecule has 3 N–H and O–H groups in total. The molecule has 0 aliphatic rings. The van der Waals surface area contributed by atoms with Crippen molar-refractivity contribution in [1.82, 2.24) is 25.8 Å². The molecule has 2 aromatic rings. The number of thioether (sulfide) groups is 1. The second-order valence-electron chi connectivity index (χ2n) is 4.13. The van der Waals surface area contributed by atoms with Crippen molar-refractivity contribution < 1.29 is 9.59 Å². The van der Waals surface area contributed by atoms with Crippen molar-refractivity contribution in [3.05, 3.63) is 28.2 Å². The van der Waals surface area contributed by atoms with Gasteiger partial charge in [-0.1, -0.05) is 17.8 Å². The number of nitrogens with zero attached hydrogens (tertiary/aromatic N) is 2. The van der Waals surface area contributed by atoms with Crippen molar-refractivity contribution in [1.29, 1.82) is 0 Å². The standard InChI is InChI=1S/C12H15N5O2S2/c1-8-14-12(17-16-8)21-7-10(18)15-11(19)13-5-4-9-3-2-6-20-9/h2-3,6H,4-5,7H2,1H3,(H,14,16,17)(H2,13,15,18,19). The molecular weight excluding hydrogens is 310 g/mol. The number of imide groups is 1. The third kappa shape index (κ3) is 5.56. The zero-order valence-electron chi connectivity index (χ0n) is 11.4. The number of urea groups is 1. The number of carbonyl (C=O) groups is 2. The number of H-pyrrole nitrogens is 1. The van der Waals surface area contributed by atoms with Gasteiger partial charge in [-0.15, -0.1) is 16.4 Å². The fourth-order valence-corrected chi connectivity index (χ4v) is 2.83. The van der Waals surface area contributed by atoms with Crippen molar-refractivity contribution >= 4 is 35.0 Å². The number of amides is 3. The van der Waals surface area contributed by atoms with E-state index in [-0.39, 0.29) is 11.7 Å². The van der Waals surface area contributed by atoms with Crippen LogP contribution in [0.4, 0.5) is 4.79 Å². The fourth-order valence-electron chi connectivity index (χ4n) is 1.48. The van der Waals surface area contributed by atoms with E-state index in [9.17, 15) is 9.59 Å². The number of thiophene rings is 1. The number of aromatic nitrogens is 3. The monoisotopic (exact) mass is 325 g/mol. The Kier molecular flexibility index (Phi) is 5.76. The van der Waals surface area contributed by atoms with Gasteiger partial charge in [-0.3, -0.25) is 15.2 Å². The van der Waals surface area contributed by atoms with Crippen LogP contribution in [-0.4, -0.2) is 39.4 Å². The maximum Gasteiger partial charge on any atom is 0.321 e. The second-order valence-corrected chi connectivity index (χ2v) is 6.10. The summed E-state index contributed by atoms with van der Waals surface area (Å²) in [6, 6.07) is 3.49. The summed E-state index contributed by atoms with van der Waals surface area (Å²) in [5, 5.41) is 14.0. The van der Waals surface area contributed by atoms with Crippen molar-refractivity contribution in [3.8, 4) is 0 Å². The molecule has 0 spiro atoms. The average molecular weight is 325 g/mol. The smallest absolute Gasteiger partial charge is 0.321 e. The zero-order valence-corrected chi connectivity index (χ0v) is 13.0. The predicted molar refractivity (Wildman–Crippen MR) is 81.4 cm³/mol. The molecule has 2 rings (SSSR count). The van der Waals surface area contributed by atoms with Gasteiger partial charge in [0.2, 0.25) is 11.1 Å². The number of hydrogen-bond donors (Lipinski definition) is 3. The van der Waals surface area contributed by atoms with Crippen LogP contribution in [0.1, 0.15) is 10.7 Å². The lowest BCUT2D eigenvalue weighted by molar-refractivity contribution is -0.117. The van der Waals surface area contributed by atoms with Gasteiger partial charge in [-0.2, -0.15) is 0 Å². The van der Waals surface area contributed by atoms with E-state index in [4.69, 9.17) is 0 Å². The first kappa shape index (κ1) is 15.5. The summed E-state index contributed by atoms with van der Waals surface area (Å²) in [5.41, 5.74) is 0. The second kappa shape index (κ2) is 7.79. The summed E-state index contributed by atoms with van der Waals surface area (Å²) in [4.78, 5) is 28.3. The molecule has 0 aliphatic carbocycles. The molecule has 0 radical (unpaired) electrons. The number of aryl methyl sites for hydroxylation is 1. The highest BCUT2D eigenvalue weighted by molar-refractivity contribution is 7.99. The number of nitrogens with one attached hydrogen (secondary N) is 3. The molecule has 0 aliphatic heterocycles. The van der Waals surface area contributed by atoms with Gasteiger partial charge in [0, 0.05) is 11.4 Å². The molecule has 0 fully saturated rings. The molecule has 0 saturated heterocycles. The van der Waals surface area contributed by atoms with E-state index in [0.717, 1.165) is 6.42 Å². The van der Waals surface area contributed by atoms with Crippen LogP contribution in [0.3, 0.4) is 0 Å². The van der Waals surface area contributed by atoms with Gasteiger partial charge in [-0.25, -0.2) is 9.78 Å². The van der Waals surface area contributed by atoms with Gasteiger partial charge in [0.15, 0.2) is 0 Å². The highest BCUT2D eigenvalue weighted by atomic mass is 32.2. The van der Waals surface area contributed by atoms with Crippen molar-refractivity contribution in [3.63, 3.8) is 0 Å². The minimum absolute atomic E-state index is 0.0929. The van der Waals surface area contributed by atoms with Crippen LogP contribution in [-0.2, 0) is 11.2 Å². The van der Waals surface area contributed by atoms with Crippen LogP contribution < -0.4 is 10.6 Å². The molecule has 0 bridgehead atoms. The maximum atomic E-state index is 11.6. The molecular formula is C12H15N5O2S2. The number of hydrogen-bond acceptors (Lipinski definition) is 6. The average Bonchev–Trinajstić information content (AvgIpc) is 3.08. The van der Waals surface area contributed by atoms with E-state index in [1.807, 2.05) is 17.5 Å². The quantitative estimate of drug-likeness (QED) is 0.696. The Morgan fingerprint density at radius 2 is 2.33 bits per heavy atom. The van der Waals surface area contributed by atoms with Crippen molar-refractivity contribution in [2.45, 2.75) is 18.5 Å². The highest BCUT2D eigenvalue weighted by Crippen LogP contribution is 2.11. The first-order valence-corrected chi connectivity index (χ1v) is 8.12. The van der Waals surface area contributed by atoms with Crippen LogP contribution in [0.25, 0.3) is 0 Å². The molecule has 2 heterocycles. The summed E-state index contributed by atoms with van der Waals surface area (Å²) in [7, 11) is 0. The normalized spacial score (nSPS) is 10.3. The molecule has 112 valence electrons. The lowest BCUT2D eigenvalue weighted by atomic mass is 10.3. The third-order valence-electron chi connectivity index (χ3n) is 2.40. The van der Waals surface area contributed by atoms with Crippen molar-refractivity contribution in [2.75, 3.05) is 12.3 Å². The summed E-state index contributed by atoms with van der Waals surface area (Å²) in [5.74, 6) is 0.399. The molecule has 0 atom stereocenters. The van der Waals surface area contributed by atoms with Crippen LogP contribution in [0.5, 0.6) is 0 Å². The highest BCUT2D eigenvalue weighted by Gasteiger charge is 2.09. The molecule has 7 nitrogen and oxygen atoms in total. The van der Waals surface area contributed by atoms with Gasteiger partial charge >= 0.3 is 6.03 Å². The van der Waals surface area contributed by atoms with E-state index >= 15 is 0 Å². The van der Waals surface area contributed by atoms with Crippen LogP contribution in [0.2, 0.25) is 0 Å². The largest absolute Gasteiger partial charge is 0.337 e. The zero-order chi connectivity index (χ0) is 15.1. The van der Waals surface area contributed by atoms with Crippen LogP contribution >= 0.6 is 23.1 Å². The maximum absolute atomic E-state index is 11.6. The predicted octanol–water partition coefficient (Wildman–Crippen LogP) is 1.34. The first-order valence-electron chi connectivity index (χ1n) is 6.25.